The Morgan fingerprint density at radius 3 is 1.13 bits per heavy atom. The predicted octanol–water partition coefficient (Wildman–Crippen LogP) is 7.09. The zero-order valence-electron chi connectivity index (χ0n) is 32.1. The molecule has 0 aliphatic carbocycles. The fourth-order valence-electron chi connectivity index (χ4n) is 2.80. The summed E-state index contributed by atoms with van der Waals surface area (Å²) in [5.41, 5.74) is 6.98. The number of amides is 1. The summed E-state index contributed by atoms with van der Waals surface area (Å²) < 4.78 is 0. The van der Waals surface area contributed by atoms with E-state index >= 15 is 0 Å². The van der Waals surface area contributed by atoms with E-state index in [4.69, 9.17) is 5.73 Å². The van der Waals surface area contributed by atoms with Crippen LogP contribution in [0.15, 0.2) is 0 Å². The smallest absolute Gasteiger partial charge is 0.219 e. The Hall–Kier alpha value is 6.88. The summed E-state index contributed by atoms with van der Waals surface area (Å²) >= 11 is 0. The molecule has 0 aromatic carbocycles. The minimum Gasteiger partial charge on any atom is -0.679 e. The van der Waals surface area contributed by atoms with Gasteiger partial charge >= 0.3 is 0 Å². The topological polar surface area (TPSA) is 150 Å². The van der Waals surface area contributed by atoms with E-state index in [2.05, 4.69) is 56.4 Å². The molecule has 7 radical (unpaired) electrons. The maximum absolute atomic E-state index is 11.8. The molecule has 0 aliphatic heterocycles. The third kappa shape index (κ3) is 95.4. The van der Waals surface area contributed by atoms with Gasteiger partial charge in [-0.2, -0.15) is 78.5 Å². The van der Waals surface area contributed by atoms with Gasteiger partial charge in [-0.05, 0) is 25.9 Å². The Kier molecular flexibility index (Phi) is 190. The number of nitrogens with zero attached hydrogens (tertiary/aromatic N) is 6. The molecule has 47 heavy (non-hydrogen) atoms. The molecule has 0 unspecified atom stereocenters. The van der Waals surface area contributed by atoms with E-state index in [1.807, 2.05) is 0 Å². The summed E-state index contributed by atoms with van der Waals surface area (Å²) in [4.78, 5) is 11.8. The number of rotatable bonds is 27. The molecule has 17 heteroatoms. The predicted molar refractivity (Wildman–Crippen MR) is 187 cm³/mol. The average molecular weight is 1190 g/mol. The van der Waals surface area contributed by atoms with Crippen LogP contribution >= 0.6 is 0 Å². The standard InChI is InChI=1S/C23H48N9O.7CH3.7Y/c1-22(2)31-8-5-3-4-6-23(33)32-21-20-30-19-18-29-17-16-28-15-14-27-13-12-26-11-10-25-9-7-24;;;;;;;;;;;;;;/h22,24,31H,3-21H2,1-2H3,(H,32,33);7*1H3;;;;;;;/q-7;7*-1;;;;;;;. The van der Waals surface area contributed by atoms with E-state index < -0.39 is 0 Å². The normalized spacial score (nSPS) is 8.00. The fourth-order valence-corrected chi connectivity index (χ4v) is 2.80. The van der Waals surface area contributed by atoms with Crippen LogP contribution in [0.25, 0.3) is 37.6 Å². The minimum atomic E-state index is 0. The molecule has 0 fully saturated rings. The Balaban J connectivity index is -0.0000000563. The van der Waals surface area contributed by atoms with Crippen molar-refractivity contribution in [3.05, 3.63) is 89.6 Å². The van der Waals surface area contributed by atoms with Crippen LogP contribution in [0.5, 0.6) is 0 Å². The zero-order chi connectivity index (χ0) is 24.2. The fraction of sp³-hybridized carbons (Fsp3) is 0.733. The third-order valence-electron chi connectivity index (χ3n) is 4.58. The van der Waals surface area contributed by atoms with Crippen LogP contribution in [-0.4, -0.2) is 110 Å². The molecule has 0 saturated heterocycles. The Morgan fingerprint density at radius 1 is 0.489 bits per heavy atom. The van der Waals surface area contributed by atoms with E-state index in [9.17, 15) is 4.79 Å². The summed E-state index contributed by atoms with van der Waals surface area (Å²) in [7, 11) is 0. The number of hydrogen-bond acceptors (Lipinski definition) is 2. The summed E-state index contributed by atoms with van der Waals surface area (Å²) in [6.07, 6.45) is 3.76. The van der Waals surface area contributed by atoms with Crippen molar-refractivity contribution < 1.29 is 234 Å². The SMILES string of the molecule is CC(C)NCCCCCC(=O)NCC[N-]CC[N-]CC[N-]CC[N-]CC[N-]CC[N-]CC[NH-].[CH3-].[CH3-].[CH3-].[CH3-].[CH3-].[CH3-].[CH3-].[Y].[Y].[Y].[Y].[Y].[Y].[Y]. The van der Waals surface area contributed by atoms with Crippen LogP contribution in [-0.2, 0) is 234 Å². The molecule has 0 aromatic heterocycles. The molecule has 0 saturated carbocycles. The molecule has 0 aromatic rings. The van der Waals surface area contributed by atoms with E-state index in [-0.39, 0.29) is 287 Å². The number of carbonyl (C=O) groups excluding carboxylic acids is 1. The van der Waals surface area contributed by atoms with E-state index in [1.54, 1.807) is 0 Å². The van der Waals surface area contributed by atoms with Gasteiger partial charge in [-0.1, -0.05) is 20.3 Å². The second-order valence-corrected chi connectivity index (χ2v) is 8.04. The molecular formula is C30H69N9OY7-14. The van der Waals surface area contributed by atoms with Gasteiger partial charge in [0.25, 0.3) is 0 Å². The van der Waals surface area contributed by atoms with Crippen molar-refractivity contribution in [3.8, 4) is 0 Å². The maximum Gasteiger partial charge on any atom is 0.219 e. The quantitative estimate of drug-likeness (QED) is 0.0668. The van der Waals surface area contributed by atoms with Gasteiger partial charge in [-0.15, -0.1) is 6.54 Å². The summed E-state index contributed by atoms with van der Waals surface area (Å²) in [6, 6.07) is 0.529. The molecule has 0 rings (SSSR count). The van der Waals surface area contributed by atoms with Crippen LogP contribution in [0.4, 0.5) is 0 Å². The Labute approximate surface area is 474 Å². The first-order chi connectivity index (χ1) is 16.2. The van der Waals surface area contributed by atoms with Crippen LogP contribution in [0.1, 0.15) is 39.5 Å². The van der Waals surface area contributed by atoms with Crippen molar-refractivity contribution in [2.45, 2.75) is 45.6 Å². The monoisotopic (exact) mass is 1190 g/mol. The van der Waals surface area contributed by atoms with E-state index in [0.717, 1.165) is 78.2 Å². The summed E-state index contributed by atoms with van der Waals surface area (Å²) in [6.45, 7) is 14.9. The molecule has 0 bridgehead atoms. The molecule has 0 spiro atoms. The molecular weight excluding hydrogens is 1120 g/mol. The van der Waals surface area contributed by atoms with Crippen molar-refractivity contribution in [3.63, 3.8) is 0 Å². The van der Waals surface area contributed by atoms with Gasteiger partial charge in [-0.25, -0.2) is 0 Å². The van der Waals surface area contributed by atoms with Crippen molar-refractivity contribution in [1.29, 1.82) is 0 Å². The maximum atomic E-state index is 11.8. The molecule has 10 nitrogen and oxygen atoms in total. The first-order valence-electron chi connectivity index (χ1n) is 12.6. The van der Waals surface area contributed by atoms with E-state index in [1.165, 1.54) is 0 Å². The number of nitrogens with one attached hydrogen (secondary N) is 3. The third-order valence-corrected chi connectivity index (χ3v) is 4.58. The molecule has 3 N–H and O–H groups in total. The Morgan fingerprint density at radius 2 is 0.809 bits per heavy atom. The van der Waals surface area contributed by atoms with Gasteiger partial charge in [0.2, 0.25) is 5.91 Å². The van der Waals surface area contributed by atoms with Crippen LogP contribution in [0.3, 0.4) is 0 Å². The zero-order valence-corrected chi connectivity index (χ0v) is 52.0. The van der Waals surface area contributed by atoms with E-state index in [0.29, 0.717) is 51.7 Å². The van der Waals surface area contributed by atoms with Crippen molar-refractivity contribution >= 4 is 5.91 Å². The average Bonchev–Trinajstić information content (AvgIpc) is 2.79. The van der Waals surface area contributed by atoms with Gasteiger partial charge < -0.3 is 100 Å². The molecule has 0 aliphatic rings. The molecule has 1 amide bonds. The molecule has 275 valence electrons. The Bertz CT molecular complexity index is 432. The largest absolute Gasteiger partial charge is 0.679 e. The summed E-state index contributed by atoms with van der Waals surface area (Å²) in [5.74, 6) is 0.127. The van der Waals surface area contributed by atoms with Gasteiger partial charge in [0.15, 0.2) is 0 Å². The number of hydrogen-bond donors (Lipinski definition) is 2. The number of unbranched alkanes of at least 4 members (excludes halogenated alkanes) is 2. The first-order valence-corrected chi connectivity index (χ1v) is 12.6. The second-order valence-electron chi connectivity index (χ2n) is 8.04. The van der Waals surface area contributed by atoms with Crippen molar-refractivity contribution in [2.24, 2.45) is 0 Å². The van der Waals surface area contributed by atoms with Crippen LogP contribution in [0, 0.1) is 52.0 Å². The van der Waals surface area contributed by atoms with Crippen LogP contribution < -0.4 is 10.6 Å². The van der Waals surface area contributed by atoms with Gasteiger partial charge in [0.1, 0.15) is 0 Å². The first kappa shape index (κ1) is 99.7. The van der Waals surface area contributed by atoms with Gasteiger partial charge in [-0.3, -0.25) is 4.79 Å². The van der Waals surface area contributed by atoms with Gasteiger partial charge in [0.05, 0.1) is 0 Å². The molecule has 0 atom stereocenters. The van der Waals surface area contributed by atoms with Crippen LogP contribution in [0.2, 0.25) is 0 Å². The summed E-state index contributed by atoms with van der Waals surface area (Å²) in [5, 5.41) is 32.5. The van der Waals surface area contributed by atoms with Gasteiger partial charge in [0, 0.05) is 241 Å². The minimum absolute atomic E-state index is 0. The van der Waals surface area contributed by atoms with Crippen molar-refractivity contribution in [2.75, 3.05) is 98.2 Å². The second kappa shape index (κ2) is 89.5. The van der Waals surface area contributed by atoms with Crippen molar-refractivity contribution in [1.82, 2.24) is 10.6 Å². The molecule has 0 heterocycles. The number of carbonyl (C=O) groups is 1.